The molecule has 1 saturated heterocycles. The summed E-state index contributed by atoms with van der Waals surface area (Å²) in [5.41, 5.74) is 2.34. The maximum Gasteiger partial charge on any atom is 0.207 e. The van der Waals surface area contributed by atoms with Crippen molar-refractivity contribution in [1.29, 1.82) is 0 Å². The van der Waals surface area contributed by atoms with Crippen molar-refractivity contribution in [2.75, 3.05) is 48.5 Å². The summed E-state index contributed by atoms with van der Waals surface area (Å²) in [7, 11) is 1.69. The molecule has 1 aromatic carbocycles. The maximum absolute atomic E-state index is 5.04. The minimum atomic E-state index is 0.652. The van der Waals surface area contributed by atoms with Gasteiger partial charge in [-0.15, -0.1) is 0 Å². The Hall–Kier alpha value is -1.31. The molecular weight excluding hydrogens is 316 g/mol. The lowest BCUT2D eigenvalue weighted by Crippen LogP contribution is -2.32. The van der Waals surface area contributed by atoms with E-state index in [2.05, 4.69) is 43.8 Å². The van der Waals surface area contributed by atoms with Crippen LogP contribution in [0.15, 0.2) is 24.3 Å². The summed E-state index contributed by atoms with van der Waals surface area (Å²) in [5, 5.41) is 4.14. The van der Waals surface area contributed by atoms with E-state index in [1.807, 2.05) is 11.8 Å². The standard InChI is InChI=1S/C15H20N4OS2/c1-20-9-6-14-17-15(22-18-14)16-12-2-4-13(5-3-12)19-7-10-21-11-8-19/h2-5H,6-11H2,1H3,(H,16,17,18). The van der Waals surface area contributed by atoms with Crippen LogP contribution in [-0.4, -0.2) is 47.7 Å². The van der Waals surface area contributed by atoms with Crippen LogP contribution in [0.5, 0.6) is 0 Å². The van der Waals surface area contributed by atoms with E-state index in [-0.39, 0.29) is 0 Å². The van der Waals surface area contributed by atoms with Gasteiger partial charge in [0, 0.05) is 61.0 Å². The van der Waals surface area contributed by atoms with Gasteiger partial charge in [-0.05, 0) is 24.3 Å². The van der Waals surface area contributed by atoms with Crippen LogP contribution < -0.4 is 10.2 Å². The average Bonchev–Trinajstić information content (AvgIpc) is 3.02. The number of aromatic nitrogens is 2. The molecular formula is C15H20N4OS2. The maximum atomic E-state index is 5.04. The van der Waals surface area contributed by atoms with Gasteiger partial charge >= 0.3 is 0 Å². The number of hydrogen-bond acceptors (Lipinski definition) is 7. The molecule has 5 nitrogen and oxygen atoms in total. The second-order valence-corrected chi connectivity index (χ2v) is 7.01. The van der Waals surface area contributed by atoms with Crippen molar-refractivity contribution in [3.63, 3.8) is 0 Å². The highest BCUT2D eigenvalue weighted by Crippen LogP contribution is 2.24. The minimum Gasteiger partial charge on any atom is -0.384 e. The normalized spacial score (nSPS) is 15.0. The van der Waals surface area contributed by atoms with Crippen molar-refractivity contribution < 1.29 is 4.74 Å². The molecule has 22 heavy (non-hydrogen) atoms. The third-order valence-corrected chi connectivity index (χ3v) is 5.10. The molecule has 0 aliphatic carbocycles. The van der Waals surface area contributed by atoms with Gasteiger partial charge in [0.05, 0.1) is 6.61 Å². The Labute approximate surface area is 139 Å². The first kappa shape index (κ1) is 15.6. The van der Waals surface area contributed by atoms with Crippen LogP contribution in [0, 0.1) is 0 Å². The highest BCUT2D eigenvalue weighted by molar-refractivity contribution is 7.99. The summed E-state index contributed by atoms with van der Waals surface area (Å²) in [6, 6.07) is 8.55. The van der Waals surface area contributed by atoms with Gasteiger partial charge < -0.3 is 15.0 Å². The molecule has 0 radical (unpaired) electrons. The molecule has 0 unspecified atom stereocenters. The fourth-order valence-electron chi connectivity index (χ4n) is 2.30. The van der Waals surface area contributed by atoms with Crippen LogP contribution >= 0.6 is 23.3 Å². The predicted octanol–water partition coefficient (Wildman–Crippen LogP) is 3.02. The van der Waals surface area contributed by atoms with Gasteiger partial charge in [0.15, 0.2) is 0 Å². The number of hydrogen-bond donors (Lipinski definition) is 1. The van der Waals surface area contributed by atoms with Gasteiger partial charge in [-0.25, -0.2) is 4.98 Å². The van der Waals surface area contributed by atoms with Crippen LogP contribution in [0.4, 0.5) is 16.5 Å². The van der Waals surface area contributed by atoms with Crippen LogP contribution in [-0.2, 0) is 11.2 Å². The summed E-state index contributed by atoms with van der Waals surface area (Å²) < 4.78 is 9.36. The third kappa shape index (κ3) is 4.12. The second-order valence-electron chi connectivity index (χ2n) is 5.03. The number of nitrogens with one attached hydrogen (secondary N) is 1. The highest BCUT2D eigenvalue weighted by atomic mass is 32.2. The first-order valence-corrected chi connectivity index (χ1v) is 9.29. The zero-order valence-electron chi connectivity index (χ0n) is 12.6. The average molecular weight is 336 g/mol. The molecule has 1 aliphatic rings. The van der Waals surface area contributed by atoms with Crippen LogP contribution in [0.25, 0.3) is 0 Å². The Morgan fingerprint density at radius 3 is 2.73 bits per heavy atom. The molecule has 1 fully saturated rings. The van der Waals surface area contributed by atoms with Crippen molar-refractivity contribution in [2.24, 2.45) is 0 Å². The molecule has 2 aromatic rings. The Bertz CT molecular complexity index is 581. The third-order valence-electron chi connectivity index (χ3n) is 3.49. The van der Waals surface area contributed by atoms with Crippen LogP contribution in [0.2, 0.25) is 0 Å². The van der Waals surface area contributed by atoms with E-state index < -0.39 is 0 Å². The quantitative estimate of drug-likeness (QED) is 0.875. The molecule has 2 heterocycles. The summed E-state index contributed by atoms with van der Waals surface area (Å²) in [6.07, 6.45) is 0.751. The van der Waals surface area contributed by atoms with Crippen molar-refractivity contribution >= 4 is 39.8 Å². The first-order valence-electron chi connectivity index (χ1n) is 7.36. The summed E-state index contributed by atoms with van der Waals surface area (Å²) in [4.78, 5) is 6.90. The zero-order valence-corrected chi connectivity index (χ0v) is 14.3. The Kier molecular flexibility index (Phi) is 5.53. The monoisotopic (exact) mass is 336 g/mol. The number of methoxy groups -OCH3 is 1. The molecule has 1 N–H and O–H groups in total. The zero-order chi connectivity index (χ0) is 15.2. The van der Waals surface area contributed by atoms with Crippen molar-refractivity contribution in [3.05, 3.63) is 30.1 Å². The van der Waals surface area contributed by atoms with E-state index in [0.717, 1.165) is 36.2 Å². The van der Waals surface area contributed by atoms with Crippen molar-refractivity contribution in [1.82, 2.24) is 9.36 Å². The highest BCUT2D eigenvalue weighted by Gasteiger charge is 2.11. The molecule has 1 aromatic heterocycles. The SMILES string of the molecule is COCCc1nsc(Nc2ccc(N3CCSCC3)cc2)n1. The second kappa shape index (κ2) is 7.80. The molecule has 0 atom stereocenters. The first-order chi connectivity index (χ1) is 10.8. The fraction of sp³-hybridized carbons (Fsp3) is 0.467. The molecule has 0 spiro atoms. The summed E-state index contributed by atoms with van der Waals surface area (Å²) in [5.74, 6) is 3.26. The van der Waals surface area contributed by atoms with Gasteiger partial charge in [0.25, 0.3) is 0 Å². The molecule has 0 bridgehead atoms. The fourth-order valence-corrected chi connectivity index (χ4v) is 3.84. The molecule has 118 valence electrons. The van der Waals surface area contributed by atoms with Crippen molar-refractivity contribution in [3.8, 4) is 0 Å². The van der Waals surface area contributed by atoms with E-state index in [9.17, 15) is 0 Å². The molecule has 3 rings (SSSR count). The van der Waals surface area contributed by atoms with E-state index >= 15 is 0 Å². The Morgan fingerprint density at radius 2 is 2.00 bits per heavy atom. The van der Waals surface area contributed by atoms with E-state index in [4.69, 9.17) is 4.74 Å². The molecule has 0 amide bonds. The van der Waals surface area contributed by atoms with Crippen molar-refractivity contribution in [2.45, 2.75) is 6.42 Å². The summed E-state index contributed by atoms with van der Waals surface area (Å²) in [6.45, 7) is 2.92. The lowest BCUT2D eigenvalue weighted by atomic mass is 10.2. The van der Waals surface area contributed by atoms with Gasteiger partial charge in [-0.2, -0.15) is 16.1 Å². The lowest BCUT2D eigenvalue weighted by Gasteiger charge is -2.28. The number of rotatable bonds is 6. The largest absolute Gasteiger partial charge is 0.384 e. The Balaban J connectivity index is 1.59. The molecule has 0 saturated carbocycles. The van der Waals surface area contributed by atoms with Gasteiger partial charge in [-0.1, -0.05) is 0 Å². The number of nitrogens with zero attached hydrogens (tertiary/aromatic N) is 3. The summed E-state index contributed by atoms with van der Waals surface area (Å²) >= 11 is 3.42. The molecule has 1 aliphatic heterocycles. The van der Waals surface area contributed by atoms with Gasteiger partial charge in [0.1, 0.15) is 5.82 Å². The number of thioether (sulfide) groups is 1. The topological polar surface area (TPSA) is 50.3 Å². The number of ether oxygens (including phenoxy) is 1. The van der Waals surface area contributed by atoms with Gasteiger partial charge in [-0.3, -0.25) is 0 Å². The number of benzene rings is 1. The lowest BCUT2D eigenvalue weighted by molar-refractivity contribution is 0.201. The van der Waals surface area contributed by atoms with Gasteiger partial charge in [0.2, 0.25) is 5.13 Å². The van der Waals surface area contributed by atoms with E-state index in [1.54, 1.807) is 7.11 Å². The van der Waals surface area contributed by atoms with E-state index in [0.29, 0.717) is 6.61 Å². The minimum absolute atomic E-state index is 0.652. The van der Waals surface area contributed by atoms with E-state index in [1.165, 1.54) is 28.7 Å². The number of anilines is 3. The Morgan fingerprint density at radius 1 is 1.23 bits per heavy atom. The molecule has 7 heteroatoms. The smallest absolute Gasteiger partial charge is 0.207 e. The predicted molar refractivity (Wildman–Crippen MR) is 94.8 cm³/mol. The van der Waals surface area contributed by atoms with Crippen LogP contribution in [0.1, 0.15) is 5.82 Å². The van der Waals surface area contributed by atoms with Crippen LogP contribution in [0.3, 0.4) is 0 Å².